The van der Waals surface area contributed by atoms with Crippen molar-refractivity contribution in [3.63, 3.8) is 0 Å². The highest BCUT2D eigenvalue weighted by molar-refractivity contribution is 7.99. The molecule has 0 aliphatic heterocycles. The molecular weight excluding hydrogens is 286 g/mol. The van der Waals surface area contributed by atoms with Crippen molar-refractivity contribution in [2.24, 2.45) is 5.73 Å². The molecule has 0 radical (unpaired) electrons. The van der Waals surface area contributed by atoms with Crippen molar-refractivity contribution >= 4 is 28.1 Å². The van der Waals surface area contributed by atoms with Crippen LogP contribution >= 0.6 is 23.1 Å². The van der Waals surface area contributed by atoms with E-state index >= 15 is 0 Å². The van der Waals surface area contributed by atoms with Crippen molar-refractivity contribution in [2.45, 2.75) is 36.2 Å². The summed E-state index contributed by atoms with van der Waals surface area (Å²) in [5, 5.41) is 3.05. The summed E-state index contributed by atoms with van der Waals surface area (Å²) >= 11 is 3.32. The molecule has 2 aromatic heterocycles. The van der Waals surface area contributed by atoms with Gasteiger partial charge in [-0.25, -0.2) is 4.98 Å². The number of rotatable bonds is 4. The second-order valence-corrected chi connectivity index (χ2v) is 6.88. The molecule has 20 heavy (non-hydrogen) atoms. The molecule has 2 N–H and O–H groups in total. The zero-order chi connectivity index (χ0) is 14.1. The van der Waals surface area contributed by atoms with Crippen LogP contribution in [0.15, 0.2) is 45.8 Å². The lowest BCUT2D eigenvalue weighted by molar-refractivity contribution is 0.864. The lowest BCUT2D eigenvalue weighted by atomic mass is 10.0. The van der Waals surface area contributed by atoms with E-state index in [0.29, 0.717) is 12.5 Å². The Labute approximate surface area is 126 Å². The third kappa shape index (κ3) is 2.49. The summed E-state index contributed by atoms with van der Waals surface area (Å²) in [4.78, 5) is 6.87. The van der Waals surface area contributed by atoms with Crippen LogP contribution in [-0.2, 0) is 6.54 Å². The van der Waals surface area contributed by atoms with Gasteiger partial charge in [-0.1, -0.05) is 37.7 Å². The van der Waals surface area contributed by atoms with E-state index in [4.69, 9.17) is 5.73 Å². The molecule has 0 spiro atoms. The van der Waals surface area contributed by atoms with Gasteiger partial charge in [-0.2, -0.15) is 0 Å². The largest absolute Gasteiger partial charge is 0.325 e. The molecule has 3 aromatic rings. The molecule has 0 aliphatic carbocycles. The fraction of sp³-hybridized carbons (Fsp3) is 0.267. The fourth-order valence-corrected chi connectivity index (χ4v) is 3.83. The Morgan fingerprint density at radius 1 is 1.30 bits per heavy atom. The van der Waals surface area contributed by atoms with E-state index in [9.17, 15) is 0 Å². The molecule has 0 aliphatic rings. The van der Waals surface area contributed by atoms with E-state index in [-0.39, 0.29) is 0 Å². The SMILES string of the molecule is CC(C)c1ccc(Sc2nc3sccn3c2CN)cc1. The first-order chi connectivity index (χ1) is 9.69. The number of aromatic nitrogens is 2. The number of imidazole rings is 1. The standard InChI is InChI=1S/C15H17N3S2/c1-10(2)11-3-5-12(6-4-11)20-14-13(9-16)18-7-8-19-15(18)17-14/h3-8,10H,9,16H2,1-2H3. The number of thiazole rings is 1. The Bertz CT molecular complexity index is 710. The van der Waals surface area contributed by atoms with Crippen molar-refractivity contribution in [1.82, 2.24) is 9.38 Å². The first-order valence-electron chi connectivity index (χ1n) is 6.61. The third-order valence-electron chi connectivity index (χ3n) is 3.28. The van der Waals surface area contributed by atoms with Crippen molar-refractivity contribution in [2.75, 3.05) is 0 Å². The minimum atomic E-state index is 0.504. The monoisotopic (exact) mass is 303 g/mol. The topological polar surface area (TPSA) is 43.3 Å². The first-order valence-corrected chi connectivity index (χ1v) is 8.31. The Hall–Kier alpha value is -1.30. The molecular formula is C15H17N3S2. The van der Waals surface area contributed by atoms with E-state index in [0.717, 1.165) is 15.7 Å². The van der Waals surface area contributed by atoms with Gasteiger partial charge in [-0.15, -0.1) is 11.3 Å². The smallest absolute Gasteiger partial charge is 0.194 e. The van der Waals surface area contributed by atoms with Crippen LogP contribution in [0.2, 0.25) is 0 Å². The van der Waals surface area contributed by atoms with Crippen LogP contribution in [0.4, 0.5) is 0 Å². The summed E-state index contributed by atoms with van der Waals surface area (Å²) in [7, 11) is 0. The van der Waals surface area contributed by atoms with Gasteiger partial charge in [0.05, 0.1) is 5.69 Å². The second kappa shape index (κ2) is 5.60. The van der Waals surface area contributed by atoms with Gasteiger partial charge in [0.15, 0.2) is 4.96 Å². The first kappa shape index (κ1) is 13.7. The molecule has 3 nitrogen and oxygen atoms in total. The molecule has 0 amide bonds. The zero-order valence-corrected chi connectivity index (χ0v) is 13.2. The van der Waals surface area contributed by atoms with Crippen LogP contribution in [0.5, 0.6) is 0 Å². The summed E-state index contributed by atoms with van der Waals surface area (Å²) in [5.41, 5.74) is 8.31. The fourth-order valence-electron chi connectivity index (χ4n) is 2.11. The van der Waals surface area contributed by atoms with E-state index in [1.165, 1.54) is 10.5 Å². The van der Waals surface area contributed by atoms with Gasteiger partial charge in [0.2, 0.25) is 0 Å². The van der Waals surface area contributed by atoms with E-state index in [1.807, 2.05) is 11.6 Å². The molecule has 2 heterocycles. The molecule has 5 heteroatoms. The average Bonchev–Trinajstić information content (AvgIpc) is 2.99. The second-order valence-electron chi connectivity index (χ2n) is 4.95. The Kier molecular flexibility index (Phi) is 3.83. The van der Waals surface area contributed by atoms with Gasteiger partial charge in [-0.05, 0) is 23.6 Å². The average molecular weight is 303 g/mol. The van der Waals surface area contributed by atoms with Crippen molar-refractivity contribution < 1.29 is 0 Å². The molecule has 1 aromatic carbocycles. The number of fused-ring (bicyclic) bond motifs is 1. The number of nitrogens with two attached hydrogens (primary N) is 1. The molecule has 0 saturated heterocycles. The number of nitrogens with zero attached hydrogens (tertiary/aromatic N) is 2. The molecule has 3 rings (SSSR count). The van der Waals surface area contributed by atoms with Gasteiger partial charge < -0.3 is 5.73 Å². The van der Waals surface area contributed by atoms with Crippen molar-refractivity contribution in [3.05, 3.63) is 47.1 Å². The van der Waals surface area contributed by atoms with E-state index in [2.05, 4.69) is 47.5 Å². The normalized spacial score (nSPS) is 11.6. The van der Waals surface area contributed by atoms with Crippen LogP contribution in [0.3, 0.4) is 0 Å². The van der Waals surface area contributed by atoms with Gasteiger partial charge in [-0.3, -0.25) is 4.40 Å². The van der Waals surface area contributed by atoms with Crippen LogP contribution < -0.4 is 5.73 Å². The van der Waals surface area contributed by atoms with Crippen LogP contribution in [0.1, 0.15) is 31.0 Å². The quantitative estimate of drug-likeness (QED) is 0.788. The highest BCUT2D eigenvalue weighted by Gasteiger charge is 2.13. The van der Waals surface area contributed by atoms with Crippen LogP contribution in [-0.4, -0.2) is 9.38 Å². The van der Waals surface area contributed by atoms with Gasteiger partial charge in [0.1, 0.15) is 5.03 Å². The Morgan fingerprint density at radius 3 is 2.70 bits per heavy atom. The van der Waals surface area contributed by atoms with Gasteiger partial charge >= 0.3 is 0 Å². The highest BCUT2D eigenvalue weighted by Crippen LogP contribution is 2.32. The summed E-state index contributed by atoms with van der Waals surface area (Å²) in [5.74, 6) is 0.562. The minimum absolute atomic E-state index is 0.504. The summed E-state index contributed by atoms with van der Waals surface area (Å²) in [6.45, 7) is 4.92. The molecule has 0 bridgehead atoms. The molecule has 0 fully saturated rings. The molecule has 0 unspecified atom stereocenters. The minimum Gasteiger partial charge on any atom is -0.325 e. The maximum atomic E-state index is 5.87. The highest BCUT2D eigenvalue weighted by atomic mass is 32.2. The number of hydrogen-bond donors (Lipinski definition) is 1. The van der Waals surface area contributed by atoms with E-state index in [1.54, 1.807) is 23.1 Å². The summed E-state index contributed by atoms with van der Waals surface area (Å²) < 4.78 is 2.08. The van der Waals surface area contributed by atoms with Crippen molar-refractivity contribution in [1.29, 1.82) is 0 Å². The number of hydrogen-bond acceptors (Lipinski definition) is 4. The Morgan fingerprint density at radius 2 is 2.05 bits per heavy atom. The molecule has 104 valence electrons. The maximum absolute atomic E-state index is 5.87. The predicted molar refractivity (Wildman–Crippen MR) is 85.6 cm³/mol. The number of benzene rings is 1. The predicted octanol–water partition coefficient (Wildman–Crippen LogP) is 4.13. The van der Waals surface area contributed by atoms with E-state index < -0.39 is 0 Å². The van der Waals surface area contributed by atoms with Gasteiger partial charge in [0.25, 0.3) is 0 Å². The van der Waals surface area contributed by atoms with Crippen LogP contribution in [0.25, 0.3) is 4.96 Å². The zero-order valence-electron chi connectivity index (χ0n) is 11.5. The summed E-state index contributed by atoms with van der Waals surface area (Å²) in [6.07, 6.45) is 2.03. The lowest BCUT2D eigenvalue weighted by Crippen LogP contribution is -2.00. The maximum Gasteiger partial charge on any atom is 0.194 e. The molecule has 0 atom stereocenters. The van der Waals surface area contributed by atoms with Crippen LogP contribution in [0, 0.1) is 0 Å². The summed E-state index contributed by atoms with van der Waals surface area (Å²) in [6, 6.07) is 8.70. The van der Waals surface area contributed by atoms with Gasteiger partial charge in [0, 0.05) is 23.0 Å². The Balaban J connectivity index is 1.90. The lowest BCUT2D eigenvalue weighted by Gasteiger charge is -2.06. The van der Waals surface area contributed by atoms with Crippen molar-refractivity contribution in [3.8, 4) is 0 Å². The third-order valence-corrected chi connectivity index (χ3v) is 5.06. The molecule has 0 saturated carbocycles.